The average Bonchev–Trinajstić information content (AvgIpc) is 3.21. The molecule has 1 aromatic heterocycles. The number of hydrogen-bond donors (Lipinski definition) is 1. The van der Waals surface area contributed by atoms with E-state index in [-0.39, 0.29) is 29.2 Å². The van der Waals surface area contributed by atoms with Gasteiger partial charge in [0.1, 0.15) is 11.5 Å². The molecule has 0 aliphatic carbocycles. The van der Waals surface area contributed by atoms with Crippen molar-refractivity contribution in [2.24, 2.45) is 5.92 Å². The monoisotopic (exact) mass is 330 g/mol. The van der Waals surface area contributed by atoms with Crippen molar-refractivity contribution in [2.75, 3.05) is 19.8 Å². The van der Waals surface area contributed by atoms with Crippen LogP contribution in [-0.2, 0) is 4.74 Å². The Morgan fingerprint density at radius 2 is 2.25 bits per heavy atom. The van der Waals surface area contributed by atoms with Crippen molar-refractivity contribution in [2.45, 2.75) is 25.8 Å². The predicted molar refractivity (Wildman–Crippen MR) is 88.7 cm³/mol. The zero-order valence-electron chi connectivity index (χ0n) is 13.9. The van der Waals surface area contributed by atoms with Crippen LogP contribution in [0.5, 0.6) is 11.5 Å². The van der Waals surface area contributed by atoms with Crippen LogP contribution >= 0.6 is 0 Å². The lowest BCUT2D eigenvalue weighted by Gasteiger charge is -2.21. The van der Waals surface area contributed by atoms with Crippen LogP contribution in [0.1, 0.15) is 41.9 Å². The maximum atomic E-state index is 11.1. The van der Waals surface area contributed by atoms with Crippen molar-refractivity contribution >= 4 is 6.29 Å². The van der Waals surface area contributed by atoms with E-state index in [1.54, 1.807) is 12.1 Å². The third kappa shape index (κ3) is 3.14. The molecule has 1 aliphatic rings. The fourth-order valence-corrected chi connectivity index (χ4v) is 3.11. The third-order valence-electron chi connectivity index (χ3n) is 4.38. The fourth-order valence-electron chi connectivity index (χ4n) is 3.11. The first-order valence-electron chi connectivity index (χ1n) is 8.13. The molecule has 128 valence electrons. The number of ether oxygens (including phenoxy) is 2. The minimum absolute atomic E-state index is 0.0698. The number of carbonyl (C=O) groups excluding carboxylic acids is 1. The van der Waals surface area contributed by atoms with E-state index in [4.69, 9.17) is 9.47 Å². The molecule has 0 amide bonds. The van der Waals surface area contributed by atoms with Gasteiger partial charge in [-0.2, -0.15) is 5.10 Å². The predicted octanol–water partition coefficient (Wildman–Crippen LogP) is 2.79. The Kier molecular flexibility index (Phi) is 4.85. The zero-order chi connectivity index (χ0) is 17.1. The summed E-state index contributed by atoms with van der Waals surface area (Å²) in [7, 11) is 0. The molecule has 3 rings (SSSR count). The van der Waals surface area contributed by atoms with Gasteiger partial charge in [-0.05, 0) is 32.0 Å². The SMILES string of the molecule is CC(C)n1nccc1C1COC[C@H]1COc1cccc(O)c1C=O. The number of benzene rings is 1. The Balaban J connectivity index is 1.74. The van der Waals surface area contributed by atoms with Crippen LogP contribution in [0.4, 0.5) is 0 Å². The van der Waals surface area contributed by atoms with Crippen LogP contribution in [0.2, 0.25) is 0 Å². The van der Waals surface area contributed by atoms with E-state index in [1.807, 2.05) is 16.9 Å². The highest BCUT2D eigenvalue weighted by molar-refractivity contribution is 5.83. The maximum absolute atomic E-state index is 11.1. The highest BCUT2D eigenvalue weighted by atomic mass is 16.5. The Bertz CT molecular complexity index is 711. The van der Waals surface area contributed by atoms with Gasteiger partial charge in [0.25, 0.3) is 0 Å². The quantitative estimate of drug-likeness (QED) is 0.825. The van der Waals surface area contributed by atoms with E-state index < -0.39 is 0 Å². The van der Waals surface area contributed by atoms with E-state index >= 15 is 0 Å². The number of nitrogens with zero attached hydrogens (tertiary/aromatic N) is 2. The molecule has 2 heterocycles. The topological polar surface area (TPSA) is 73.6 Å². The Morgan fingerprint density at radius 1 is 1.42 bits per heavy atom. The van der Waals surface area contributed by atoms with Gasteiger partial charge in [-0.1, -0.05) is 6.07 Å². The Hall–Kier alpha value is -2.34. The number of aldehydes is 1. The molecule has 1 fully saturated rings. The molecule has 1 N–H and O–H groups in total. The van der Waals surface area contributed by atoms with Crippen LogP contribution in [0, 0.1) is 5.92 Å². The first-order valence-corrected chi connectivity index (χ1v) is 8.13. The number of aromatic nitrogens is 2. The molecule has 0 saturated carbocycles. The molecule has 0 bridgehead atoms. The lowest BCUT2D eigenvalue weighted by atomic mass is 9.93. The number of hydrogen-bond acceptors (Lipinski definition) is 5. The number of aromatic hydroxyl groups is 1. The largest absolute Gasteiger partial charge is 0.507 e. The van der Waals surface area contributed by atoms with Crippen LogP contribution in [0.3, 0.4) is 0 Å². The molecule has 1 aromatic carbocycles. The minimum Gasteiger partial charge on any atom is -0.507 e. The molecule has 6 nitrogen and oxygen atoms in total. The van der Waals surface area contributed by atoms with E-state index in [0.717, 1.165) is 5.69 Å². The summed E-state index contributed by atoms with van der Waals surface area (Å²) in [4.78, 5) is 11.1. The Labute approximate surface area is 141 Å². The number of carbonyl (C=O) groups is 1. The summed E-state index contributed by atoms with van der Waals surface area (Å²) in [5, 5.41) is 14.1. The summed E-state index contributed by atoms with van der Waals surface area (Å²) in [6.45, 7) is 5.84. The molecule has 0 spiro atoms. The number of phenolic OH excluding ortho intramolecular Hbond substituents is 1. The van der Waals surface area contributed by atoms with Crippen molar-refractivity contribution in [3.8, 4) is 11.5 Å². The Morgan fingerprint density at radius 3 is 3.00 bits per heavy atom. The van der Waals surface area contributed by atoms with Crippen molar-refractivity contribution in [3.63, 3.8) is 0 Å². The number of rotatable bonds is 6. The van der Waals surface area contributed by atoms with Gasteiger partial charge in [-0.25, -0.2) is 0 Å². The summed E-state index contributed by atoms with van der Waals surface area (Å²) in [5.74, 6) is 0.695. The van der Waals surface area contributed by atoms with Gasteiger partial charge in [0.2, 0.25) is 0 Å². The van der Waals surface area contributed by atoms with Gasteiger partial charge in [0, 0.05) is 29.8 Å². The van der Waals surface area contributed by atoms with Crippen molar-refractivity contribution in [3.05, 3.63) is 41.7 Å². The highest BCUT2D eigenvalue weighted by Gasteiger charge is 2.33. The van der Waals surface area contributed by atoms with Crippen LogP contribution in [-0.4, -0.2) is 41.0 Å². The van der Waals surface area contributed by atoms with Crippen LogP contribution in [0.25, 0.3) is 0 Å². The molecule has 2 aromatic rings. The third-order valence-corrected chi connectivity index (χ3v) is 4.38. The van der Waals surface area contributed by atoms with Crippen LogP contribution < -0.4 is 4.74 Å². The molecular formula is C18H22N2O4. The van der Waals surface area contributed by atoms with E-state index in [2.05, 4.69) is 18.9 Å². The standard InChI is InChI=1S/C18H22N2O4/c1-12(2)20-16(6-7-19-20)15-11-23-9-13(15)10-24-18-5-3-4-17(22)14(18)8-21/h3-8,12-13,15,22H,9-11H2,1-2H3/t13-,15?/m0/s1. The van der Waals surface area contributed by atoms with Gasteiger partial charge in [0.15, 0.2) is 6.29 Å². The van der Waals surface area contributed by atoms with Crippen LogP contribution in [0.15, 0.2) is 30.5 Å². The lowest BCUT2D eigenvalue weighted by Crippen LogP contribution is -2.22. The second-order valence-electron chi connectivity index (χ2n) is 6.32. The lowest BCUT2D eigenvalue weighted by molar-refractivity contribution is 0.111. The molecule has 1 aliphatic heterocycles. The highest BCUT2D eigenvalue weighted by Crippen LogP contribution is 2.33. The maximum Gasteiger partial charge on any atom is 0.157 e. The van der Waals surface area contributed by atoms with E-state index in [0.29, 0.717) is 31.9 Å². The first kappa shape index (κ1) is 16.5. The van der Waals surface area contributed by atoms with Gasteiger partial charge in [-0.3, -0.25) is 9.48 Å². The van der Waals surface area contributed by atoms with Gasteiger partial charge in [-0.15, -0.1) is 0 Å². The second-order valence-corrected chi connectivity index (χ2v) is 6.32. The summed E-state index contributed by atoms with van der Waals surface area (Å²) >= 11 is 0. The summed E-state index contributed by atoms with van der Waals surface area (Å²) in [6.07, 6.45) is 2.42. The normalized spacial score (nSPS) is 20.5. The molecule has 6 heteroatoms. The summed E-state index contributed by atoms with van der Waals surface area (Å²) in [5.41, 5.74) is 1.32. The molecule has 2 atom stereocenters. The van der Waals surface area contributed by atoms with E-state index in [9.17, 15) is 9.90 Å². The van der Waals surface area contributed by atoms with Gasteiger partial charge < -0.3 is 14.6 Å². The number of phenols is 1. The summed E-state index contributed by atoms with van der Waals surface area (Å²) in [6, 6.07) is 7.13. The van der Waals surface area contributed by atoms with Crippen molar-refractivity contribution in [1.82, 2.24) is 9.78 Å². The molecule has 24 heavy (non-hydrogen) atoms. The zero-order valence-corrected chi connectivity index (χ0v) is 13.9. The second kappa shape index (κ2) is 7.05. The molecule has 1 unspecified atom stereocenters. The molecule has 1 saturated heterocycles. The van der Waals surface area contributed by atoms with Crippen molar-refractivity contribution < 1.29 is 19.4 Å². The fraction of sp³-hybridized carbons (Fsp3) is 0.444. The van der Waals surface area contributed by atoms with Gasteiger partial charge in [0.05, 0.1) is 25.4 Å². The molecular weight excluding hydrogens is 308 g/mol. The van der Waals surface area contributed by atoms with E-state index in [1.165, 1.54) is 6.07 Å². The minimum atomic E-state index is -0.0698. The summed E-state index contributed by atoms with van der Waals surface area (Å²) < 4.78 is 13.5. The smallest absolute Gasteiger partial charge is 0.157 e. The van der Waals surface area contributed by atoms with Crippen molar-refractivity contribution in [1.29, 1.82) is 0 Å². The average molecular weight is 330 g/mol. The first-order chi connectivity index (χ1) is 11.6. The van der Waals surface area contributed by atoms with Gasteiger partial charge >= 0.3 is 0 Å². The molecule has 0 radical (unpaired) electrons.